The van der Waals surface area contributed by atoms with E-state index >= 15 is 0 Å². The predicted octanol–water partition coefficient (Wildman–Crippen LogP) is 3.36. The van der Waals surface area contributed by atoms with Crippen LogP contribution in [0.25, 0.3) is 0 Å². The van der Waals surface area contributed by atoms with Crippen molar-refractivity contribution >= 4 is 17.5 Å². The summed E-state index contributed by atoms with van der Waals surface area (Å²) in [5.41, 5.74) is 1.91. The number of rotatable bonds is 2. The van der Waals surface area contributed by atoms with Crippen molar-refractivity contribution in [1.29, 1.82) is 0 Å². The molecule has 0 saturated carbocycles. The van der Waals surface area contributed by atoms with Gasteiger partial charge in [0.05, 0.1) is 0 Å². The van der Waals surface area contributed by atoms with E-state index in [0.717, 1.165) is 19.5 Å². The van der Waals surface area contributed by atoms with Crippen molar-refractivity contribution in [1.82, 2.24) is 9.88 Å². The van der Waals surface area contributed by atoms with Crippen LogP contribution >= 0.6 is 11.6 Å². The summed E-state index contributed by atoms with van der Waals surface area (Å²) >= 11 is 5.84. The van der Waals surface area contributed by atoms with Crippen LogP contribution in [0.15, 0.2) is 48.7 Å². The number of pyridine rings is 1. The molecule has 1 unspecified atom stereocenters. The first-order valence-electron chi connectivity index (χ1n) is 6.70. The van der Waals surface area contributed by atoms with E-state index in [9.17, 15) is 4.79 Å². The van der Waals surface area contributed by atoms with Crippen LogP contribution in [0.5, 0.6) is 0 Å². The predicted molar refractivity (Wildman–Crippen MR) is 79.0 cm³/mol. The third kappa shape index (κ3) is 2.68. The third-order valence-electron chi connectivity index (χ3n) is 3.72. The van der Waals surface area contributed by atoms with Gasteiger partial charge in [0.1, 0.15) is 5.15 Å². The van der Waals surface area contributed by atoms with E-state index < -0.39 is 0 Å². The topological polar surface area (TPSA) is 33.2 Å². The average molecular weight is 287 g/mol. The molecule has 0 bridgehead atoms. The highest BCUT2D eigenvalue weighted by Gasteiger charge is 2.27. The van der Waals surface area contributed by atoms with E-state index in [1.54, 1.807) is 18.3 Å². The SMILES string of the molecule is O=C(c1ccnc(Cl)c1)N1CCC(c2ccccc2)C1. The van der Waals surface area contributed by atoms with Crippen LogP contribution in [0.1, 0.15) is 28.3 Å². The number of hydrogen-bond acceptors (Lipinski definition) is 2. The Morgan fingerprint density at radius 2 is 2.05 bits per heavy atom. The lowest BCUT2D eigenvalue weighted by Crippen LogP contribution is -2.28. The Hall–Kier alpha value is -1.87. The van der Waals surface area contributed by atoms with Crippen LogP contribution in [0, 0.1) is 0 Å². The van der Waals surface area contributed by atoms with Gasteiger partial charge in [0, 0.05) is 30.8 Å². The number of halogens is 1. The van der Waals surface area contributed by atoms with Gasteiger partial charge in [-0.1, -0.05) is 41.9 Å². The maximum Gasteiger partial charge on any atom is 0.254 e. The molecular formula is C16H15ClN2O. The summed E-state index contributed by atoms with van der Waals surface area (Å²) in [4.78, 5) is 18.2. The summed E-state index contributed by atoms with van der Waals surface area (Å²) in [5.74, 6) is 0.463. The van der Waals surface area contributed by atoms with Gasteiger partial charge in [0.2, 0.25) is 0 Å². The first kappa shape index (κ1) is 13.1. The van der Waals surface area contributed by atoms with Gasteiger partial charge in [0.25, 0.3) is 5.91 Å². The van der Waals surface area contributed by atoms with Crippen molar-refractivity contribution in [3.8, 4) is 0 Å². The Balaban J connectivity index is 1.73. The Kier molecular flexibility index (Phi) is 3.70. The maximum atomic E-state index is 12.4. The van der Waals surface area contributed by atoms with Crippen LogP contribution < -0.4 is 0 Å². The number of aromatic nitrogens is 1. The van der Waals surface area contributed by atoms with Crippen molar-refractivity contribution in [2.45, 2.75) is 12.3 Å². The minimum Gasteiger partial charge on any atom is -0.338 e. The number of carbonyl (C=O) groups is 1. The van der Waals surface area contributed by atoms with E-state index in [4.69, 9.17) is 11.6 Å². The highest BCUT2D eigenvalue weighted by molar-refractivity contribution is 6.29. The Bertz CT molecular complexity index is 615. The lowest BCUT2D eigenvalue weighted by molar-refractivity contribution is 0.0790. The first-order valence-corrected chi connectivity index (χ1v) is 7.07. The molecule has 0 spiro atoms. The summed E-state index contributed by atoms with van der Waals surface area (Å²) in [6.45, 7) is 1.56. The molecule has 1 atom stereocenters. The third-order valence-corrected chi connectivity index (χ3v) is 3.93. The number of hydrogen-bond donors (Lipinski definition) is 0. The van der Waals surface area contributed by atoms with Crippen molar-refractivity contribution in [3.05, 3.63) is 64.9 Å². The quantitative estimate of drug-likeness (QED) is 0.793. The van der Waals surface area contributed by atoms with Crippen molar-refractivity contribution in [2.24, 2.45) is 0 Å². The highest BCUT2D eigenvalue weighted by atomic mass is 35.5. The van der Waals surface area contributed by atoms with Crippen molar-refractivity contribution in [3.63, 3.8) is 0 Å². The fraction of sp³-hybridized carbons (Fsp3) is 0.250. The second-order valence-corrected chi connectivity index (χ2v) is 5.40. The van der Waals surface area contributed by atoms with E-state index in [2.05, 4.69) is 17.1 Å². The molecular weight excluding hydrogens is 272 g/mol. The molecule has 102 valence electrons. The summed E-state index contributed by atoms with van der Waals surface area (Å²) in [7, 11) is 0. The van der Waals surface area contributed by atoms with Crippen LogP contribution in [0.3, 0.4) is 0 Å². The zero-order valence-electron chi connectivity index (χ0n) is 11.0. The molecule has 1 fully saturated rings. The maximum absolute atomic E-state index is 12.4. The van der Waals surface area contributed by atoms with Gasteiger partial charge in [0.15, 0.2) is 0 Å². The number of amides is 1. The minimum atomic E-state index is 0.0349. The second-order valence-electron chi connectivity index (χ2n) is 5.01. The molecule has 1 saturated heterocycles. The van der Waals surface area contributed by atoms with Crippen molar-refractivity contribution in [2.75, 3.05) is 13.1 Å². The van der Waals surface area contributed by atoms with E-state index in [1.165, 1.54) is 5.56 Å². The molecule has 2 heterocycles. The van der Waals surface area contributed by atoms with Gasteiger partial charge >= 0.3 is 0 Å². The smallest absolute Gasteiger partial charge is 0.254 e. The van der Waals surface area contributed by atoms with Gasteiger partial charge in [-0.05, 0) is 24.1 Å². The summed E-state index contributed by atoms with van der Waals surface area (Å²) in [6, 6.07) is 13.7. The summed E-state index contributed by atoms with van der Waals surface area (Å²) < 4.78 is 0. The zero-order valence-corrected chi connectivity index (χ0v) is 11.8. The molecule has 2 aromatic rings. The molecule has 1 aliphatic heterocycles. The Morgan fingerprint density at radius 1 is 1.25 bits per heavy atom. The number of carbonyl (C=O) groups excluding carboxylic acids is 1. The molecule has 4 heteroatoms. The standard InChI is InChI=1S/C16H15ClN2O/c17-15-10-13(6-8-18-15)16(20)19-9-7-14(11-19)12-4-2-1-3-5-12/h1-6,8,10,14H,7,9,11H2. The molecule has 0 radical (unpaired) electrons. The molecule has 0 N–H and O–H groups in total. The number of likely N-dealkylation sites (tertiary alicyclic amines) is 1. The second kappa shape index (κ2) is 5.63. The van der Waals surface area contributed by atoms with Crippen LogP contribution in [0.4, 0.5) is 0 Å². The van der Waals surface area contributed by atoms with Gasteiger partial charge in [-0.25, -0.2) is 4.98 Å². The van der Waals surface area contributed by atoms with Crippen LogP contribution in [-0.2, 0) is 0 Å². The van der Waals surface area contributed by atoms with E-state index in [-0.39, 0.29) is 5.91 Å². The van der Waals surface area contributed by atoms with Gasteiger partial charge < -0.3 is 4.90 Å². The first-order chi connectivity index (χ1) is 9.74. The molecule has 0 aliphatic carbocycles. The molecule has 1 aliphatic rings. The zero-order chi connectivity index (χ0) is 13.9. The van der Waals surface area contributed by atoms with Gasteiger partial charge in [-0.15, -0.1) is 0 Å². The van der Waals surface area contributed by atoms with Crippen LogP contribution in [0.2, 0.25) is 5.15 Å². The summed E-state index contributed by atoms with van der Waals surface area (Å²) in [5, 5.41) is 0.356. The largest absolute Gasteiger partial charge is 0.338 e. The average Bonchev–Trinajstić information content (AvgIpc) is 2.97. The number of benzene rings is 1. The number of nitrogens with zero attached hydrogens (tertiary/aromatic N) is 2. The van der Waals surface area contributed by atoms with E-state index in [1.807, 2.05) is 23.1 Å². The monoisotopic (exact) mass is 286 g/mol. The van der Waals surface area contributed by atoms with Gasteiger partial charge in [-0.3, -0.25) is 4.79 Å². The Labute approximate surface area is 123 Å². The lowest BCUT2D eigenvalue weighted by Gasteiger charge is -2.16. The molecule has 3 nitrogen and oxygen atoms in total. The Morgan fingerprint density at radius 3 is 2.80 bits per heavy atom. The molecule has 1 aromatic carbocycles. The highest BCUT2D eigenvalue weighted by Crippen LogP contribution is 2.28. The lowest BCUT2D eigenvalue weighted by atomic mass is 9.99. The molecule has 1 aromatic heterocycles. The van der Waals surface area contributed by atoms with Crippen molar-refractivity contribution < 1.29 is 4.79 Å². The van der Waals surface area contributed by atoms with Gasteiger partial charge in [-0.2, -0.15) is 0 Å². The minimum absolute atomic E-state index is 0.0349. The molecule has 20 heavy (non-hydrogen) atoms. The fourth-order valence-corrected chi connectivity index (χ4v) is 2.83. The van der Waals surface area contributed by atoms with E-state index in [0.29, 0.717) is 16.6 Å². The summed E-state index contributed by atoms with van der Waals surface area (Å²) in [6.07, 6.45) is 2.58. The molecule has 3 rings (SSSR count). The van der Waals surface area contributed by atoms with Crippen LogP contribution in [-0.4, -0.2) is 28.9 Å². The fourth-order valence-electron chi connectivity index (χ4n) is 2.66. The normalized spacial score (nSPS) is 18.2. The molecule has 1 amide bonds.